The van der Waals surface area contributed by atoms with Gasteiger partial charge < -0.3 is 15.0 Å². The highest BCUT2D eigenvalue weighted by molar-refractivity contribution is 5.43. The summed E-state index contributed by atoms with van der Waals surface area (Å²) >= 11 is 0. The predicted molar refractivity (Wildman–Crippen MR) is 81.3 cm³/mol. The standard InChI is InChI=1S/C16H20N2O2/c1-3-4-12-5-7-13(8-6-12)11-18(2)15-9-14(19)10-16(20)17-15/h5-10H,3-4,11H2,1-2H3,(H2,17,19,20). The molecule has 2 aromatic rings. The molecule has 2 N–H and O–H groups in total. The molecule has 0 saturated heterocycles. The number of anilines is 1. The molecule has 0 unspecified atom stereocenters. The summed E-state index contributed by atoms with van der Waals surface area (Å²) in [5, 5.41) is 9.46. The average Bonchev–Trinajstić information content (AvgIpc) is 2.40. The summed E-state index contributed by atoms with van der Waals surface area (Å²) in [4.78, 5) is 16.0. The number of H-pyrrole nitrogens is 1. The van der Waals surface area contributed by atoms with E-state index in [1.165, 1.54) is 5.56 Å². The Morgan fingerprint density at radius 3 is 2.40 bits per heavy atom. The lowest BCUT2D eigenvalue weighted by Gasteiger charge is -2.19. The van der Waals surface area contributed by atoms with Crippen LogP contribution >= 0.6 is 0 Å². The monoisotopic (exact) mass is 272 g/mol. The van der Waals surface area contributed by atoms with Gasteiger partial charge in [0.2, 0.25) is 0 Å². The van der Waals surface area contributed by atoms with E-state index < -0.39 is 0 Å². The molecular formula is C16H20N2O2. The van der Waals surface area contributed by atoms with E-state index in [1.807, 2.05) is 11.9 Å². The van der Waals surface area contributed by atoms with Gasteiger partial charge in [-0.25, -0.2) is 0 Å². The van der Waals surface area contributed by atoms with Gasteiger partial charge in [0.05, 0.1) is 0 Å². The highest BCUT2D eigenvalue weighted by atomic mass is 16.3. The summed E-state index contributed by atoms with van der Waals surface area (Å²) in [6, 6.07) is 11.2. The first-order chi connectivity index (χ1) is 9.58. The zero-order chi connectivity index (χ0) is 14.5. The first-order valence-corrected chi connectivity index (χ1v) is 6.81. The molecule has 1 heterocycles. The molecule has 0 fully saturated rings. The average molecular weight is 272 g/mol. The van der Waals surface area contributed by atoms with Crippen molar-refractivity contribution in [2.75, 3.05) is 11.9 Å². The van der Waals surface area contributed by atoms with E-state index in [9.17, 15) is 9.90 Å². The molecule has 4 heteroatoms. The SMILES string of the molecule is CCCc1ccc(CN(C)c2cc(O)cc(=O)[nH]2)cc1. The minimum absolute atomic E-state index is 0.0195. The maximum Gasteiger partial charge on any atom is 0.253 e. The van der Waals surface area contributed by atoms with Crippen molar-refractivity contribution in [3.8, 4) is 5.75 Å². The van der Waals surface area contributed by atoms with Gasteiger partial charge in [-0.1, -0.05) is 37.6 Å². The molecule has 4 nitrogen and oxygen atoms in total. The quantitative estimate of drug-likeness (QED) is 0.880. The number of pyridine rings is 1. The second kappa shape index (κ2) is 6.28. The van der Waals surface area contributed by atoms with Crippen LogP contribution in [0.2, 0.25) is 0 Å². The Kier molecular flexibility index (Phi) is 4.45. The van der Waals surface area contributed by atoms with Crippen molar-refractivity contribution in [3.05, 3.63) is 57.9 Å². The van der Waals surface area contributed by atoms with Gasteiger partial charge in [0.25, 0.3) is 5.56 Å². The third-order valence-corrected chi connectivity index (χ3v) is 3.21. The summed E-state index contributed by atoms with van der Waals surface area (Å²) in [7, 11) is 1.88. The van der Waals surface area contributed by atoms with Gasteiger partial charge in [-0.05, 0) is 17.5 Å². The van der Waals surface area contributed by atoms with Gasteiger partial charge in [-0.15, -0.1) is 0 Å². The zero-order valence-corrected chi connectivity index (χ0v) is 11.9. The maximum atomic E-state index is 11.3. The van der Waals surface area contributed by atoms with Crippen molar-refractivity contribution in [2.24, 2.45) is 0 Å². The van der Waals surface area contributed by atoms with Crippen molar-refractivity contribution >= 4 is 5.82 Å². The van der Waals surface area contributed by atoms with E-state index in [4.69, 9.17) is 0 Å². The molecule has 20 heavy (non-hydrogen) atoms. The van der Waals surface area contributed by atoms with Crippen molar-refractivity contribution in [1.29, 1.82) is 0 Å². The normalized spacial score (nSPS) is 10.5. The predicted octanol–water partition coefficient (Wildman–Crippen LogP) is 2.67. The summed E-state index contributed by atoms with van der Waals surface area (Å²) in [5.74, 6) is 0.585. The third-order valence-electron chi connectivity index (χ3n) is 3.21. The summed E-state index contributed by atoms with van der Waals surface area (Å²) in [6.07, 6.45) is 2.24. The first-order valence-electron chi connectivity index (χ1n) is 6.81. The zero-order valence-electron chi connectivity index (χ0n) is 11.9. The molecule has 2 rings (SSSR count). The van der Waals surface area contributed by atoms with E-state index in [0.717, 1.165) is 24.5 Å². The fraction of sp³-hybridized carbons (Fsp3) is 0.312. The Hall–Kier alpha value is -2.23. The Labute approximate surface area is 118 Å². The number of aryl methyl sites for hydroxylation is 1. The Morgan fingerprint density at radius 2 is 1.80 bits per heavy atom. The first kappa shape index (κ1) is 14.2. The van der Waals surface area contributed by atoms with Crippen LogP contribution in [0.25, 0.3) is 0 Å². The summed E-state index contributed by atoms with van der Waals surface area (Å²) in [5.41, 5.74) is 2.20. The van der Waals surface area contributed by atoms with Crippen LogP contribution in [0.5, 0.6) is 5.75 Å². The highest BCUT2D eigenvalue weighted by Crippen LogP contribution is 2.16. The largest absolute Gasteiger partial charge is 0.508 e. The lowest BCUT2D eigenvalue weighted by Crippen LogP contribution is -2.20. The van der Waals surface area contributed by atoms with Crippen molar-refractivity contribution in [2.45, 2.75) is 26.3 Å². The molecule has 0 aliphatic rings. The molecule has 0 radical (unpaired) electrons. The number of benzene rings is 1. The number of hydrogen-bond donors (Lipinski definition) is 2. The number of rotatable bonds is 5. The van der Waals surface area contributed by atoms with E-state index in [1.54, 1.807) is 6.07 Å². The van der Waals surface area contributed by atoms with Crippen LogP contribution in [0.4, 0.5) is 5.82 Å². The van der Waals surface area contributed by atoms with Gasteiger partial charge in [-0.3, -0.25) is 4.79 Å². The number of aromatic amines is 1. The Bertz CT molecular complexity index is 617. The maximum absolute atomic E-state index is 11.3. The van der Waals surface area contributed by atoms with E-state index in [2.05, 4.69) is 36.2 Å². The van der Waals surface area contributed by atoms with Crippen LogP contribution < -0.4 is 10.5 Å². The number of nitrogens with one attached hydrogen (secondary N) is 1. The molecule has 0 saturated carbocycles. The minimum atomic E-state index is -0.301. The molecule has 1 aromatic heterocycles. The van der Waals surface area contributed by atoms with E-state index >= 15 is 0 Å². The van der Waals surface area contributed by atoms with Crippen LogP contribution in [-0.2, 0) is 13.0 Å². The fourth-order valence-electron chi connectivity index (χ4n) is 2.18. The van der Waals surface area contributed by atoms with Crippen LogP contribution in [0.3, 0.4) is 0 Å². The number of aromatic hydroxyl groups is 1. The molecule has 106 valence electrons. The Balaban J connectivity index is 2.10. The molecule has 0 amide bonds. The van der Waals surface area contributed by atoms with Gasteiger partial charge in [-0.2, -0.15) is 0 Å². The number of nitrogens with zero attached hydrogens (tertiary/aromatic N) is 1. The van der Waals surface area contributed by atoms with Crippen LogP contribution in [0, 0.1) is 0 Å². The van der Waals surface area contributed by atoms with Gasteiger partial charge >= 0.3 is 0 Å². The second-order valence-electron chi connectivity index (χ2n) is 5.01. The molecule has 0 bridgehead atoms. The number of hydrogen-bond acceptors (Lipinski definition) is 3. The van der Waals surface area contributed by atoms with Crippen LogP contribution in [-0.4, -0.2) is 17.1 Å². The molecule has 0 aliphatic carbocycles. The third kappa shape index (κ3) is 3.63. The van der Waals surface area contributed by atoms with Gasteiger partial charge in [0.1, 0.15) is 11.6 Å². The number of aromatic nitrogens is 1. The lowest BCUT2D eigenvalue weighted by molar-refractivity contribution is 0.473. The summed E-state index contributed by atoms with van der Waals surface area (Å²) < 4.78 is 0. The highest BCUT2D eigenvalue weighted by Gasteiger charge is 2.05. The molecule has 1 aromatic carbocycles. The smallest absolute Gasteiger partial charge is 0.253 e. The fourth-order valence-corrected chi connectivity index (χ4v) is 2.18. The molecular weight excluding hydrogens is 252 g/mol. The van der Waals surface area contributed by atoms with Crippen molar-refractivity contribution < 1.29 is 5.11 Å². The second-order valence-corrected chi connectivity index (χ2v) is 5.01. The molecule has 0 aliphatic heterocycles. The minimum Gasteiger partial charge on any atom is -0.508 e. The van der Waals surface area contributed by atoms with Crippen molar-refractivity contribution in [1.82, 2.24) is 4.98 Å². The van der Waals surface area contributed by atoms with Crippen molar-refractivity contribution in [3.63, 3.8) is 0 Å². The van der Waals surface area contributed by atoms with Gasteiger partial charge in [0.15, 0.2) is 0 Å². The van der Waals surface area contributed by atoms with Gasteiger partial charge in [0, 0.05) is 25.7 Å². The van der Waals surface area contributed by atoms with Crippen LogP contribution in [0.15, 0.2) is 41.2 Å². The van der Waals surface area contributed by atoms with Crippen LogP contribution in [0.1, 0.15) is 24.5 Å². The molecule has 0 spiro atoms. The van der Waals surface area contributed by atoms with E-state index in [-0.39, 0.29) is 11.3 Å². The van der Waals surface area contributed by atoms with E-state index in [0.29, 0.717) is 12.4 Å². The molecule has 0 atom stereocenters. The topological polar surface area (TPSA) is 56.3 Å². The Morgan fingerprint density at radius 1 is 1.15 bits per heavy atom. The summed E-state index contributed by atoms with van der Waals surface area (Å²) in [6.45, 7) is 2.84. The lowest BCUT2D eigenvalue weighted by atomic mass is 10.1.